The van der Waals surface area contributed by atoms with Crippen LogP contribution in [0.1, 0.15) is 12.8 Å². The van der Waals surface area contributed by atoms with Crippen LogP contribution in [0.4, 0.5) is 0 Å². The molecule has 0 heterocycles. The predicted molar refractivity (Wildman–Crippen MR) is 109 cm³/mol. The molecule has 0 atom stereocenters. The fraction of sp³-hybridized carbons (Fsp3) is 1.00. The molecule has 0 saturated carbocycles. The number of hydrogen-bond acceptors (Lipinski definition) is 0. The maximum absolute atomic E-state index is 2.41. The van der Waals surface area contributed by atoms with Gasteiger partial charge in [0.25, 0.3) is 0 Å². The first kappa shape index (κ1) is 26.1. The Morgan fingerprint density at radius 2 is 0.579 bits per heavy atom. The summed E-state index contributed by atoms with van der Waals surface area (Å²) in [5, 5.41) is 0. The van der Waals surface area contributed by atoms with Crippen LogP contribution in [0.3, 0.4) is 0 Å². The van der Waals surface area contributed by atoms with Gasteiger partial charge in [-0.1, -0.05) is 0 Å². The van der Waals surface area contributed by atoms with Gasteiger partial charge in [-0.2, -0.15) is 0 Å². The molecule has 0 aromatic rings. The van der Waals surface area contributed by atoms with Crippen molar-refractivity contribution in [3.05, 3.63) is 0 Å². The smallest absolute Gasteiger partial charge is 0.00522 e. The summed E-state index contributed by atoms with van der Waals surface area (Å²) in [5.41, 5.74) is 0. The Morgan fingerprint density at radius 3 is 0.684 bits per heavy atom. The minimum atomic E-state index is 0. The second-order valence-electron chi connectivity index (χ2n) is 6.54. The fourth-order valence-electron chi connectivity index (χ4n) is 1.59. The van der Waals surface area contributed by atoms with E-state index in [2.05, 4.69) is 53.3 Å². The molecule has 0 rings (SSSR count). The summed E-state index contributed by atoms with van der Waals surface area (Å²) in [4.78, 5) is 0. The molecule has 0 nitrogen and oxygen atoms in total. The molecular formula is C14H40NiP4+4. The van der Waals surface area contributed by atoms with Gasteiger partial charge in [-0.3, -0.25) is 0 Å². The zero-order valence-corrected chi connectivity index (χ0v) is 19.5. The molecule has 0 radical (unpaired) electrons. The zero-order valence-electron chi connectivity index (χ0n) is 14.6. The Hall–Kier alpha value is 2.21. The van der Waals surface area contributed by atoms with Crippen LogP contribution in [0.25, 0.3) is 0 Å². The molecule has 122 valence electrons. The molecule has 0 spiro atoms. The maximum atomic E-state index is 2.41. The first-order chi connectivity index (χ1) is 8.25. The Kier molecular flexibility index (Phi) is 25.1. The van der Waals surface area contributed by atoms with Crippen LogP contribution in [0.5, 0.6) is 0 Å². The average Bonchev–Trinajstić information content (AvgIpc) is 2.15. The topological polar surface area (TPSA) is 0 Å². The van der Waals surface area contributed by atoms with E-state index in [9.17, 15) is 0 Å². The summed E-state index contributed by atoms with van der Waals surface area (Å²) in [6.07, 6.45) is 9.12. The van der Waals surface area contributed by atoms with Crippen molar-refractivity contribution in [2.75, 3.05) is 78.0 Å². The van der Waals surface area contributed by atoms with Crippen molar-refractivity contribution in [2.24, 2.45) is 0 Å². The maximum Gasteiger partial charge on any atom is 0.0601 e. The van der Waals surface area contributed by atoms with Crippen LogP contribution in [0, 0.1) is 0 Å². The van der Waals surface area contributed by atoms with E-state index in [-0.39, 0.29) is 48.2 Å². The van der Waals surface area contributed by atoms with E-state index in [0.717, 1.165) is 0 Å². The standard InChI is InChI=1S/2C7H18P2.Ni/c2*1-8(2)6-5-7-9(3)4;/h2*5-7H2,1-4H3;/p+4. The van der Waals surface area contributed by atoms with Crippen molar-refractivity contribution in [1.82, 2.24) is 0 Å². The van der Waals surface area contributed by atoms with Crippen LogP contribution in [-0.2, 0) is 16.5 Å². The average molecular weight is 391 g/mol. The largest absolute Gasteiger partial charge is 0.0601 e. The molecule has 0 aliphatic rings. The summed E-state index contributed by atoms with van der Waals surface area (Å²) in [7, 11) is 0.344. The van der Waals surface area contributed by atoms with Gasteiger partial charge in [-0.05, 0) is 31.7 Å². The minimum Gasteiger partial charge on any atom is -0.00522 e. The Labute approximate surface area is 139 Å². The van der Waals surface area contributed by atoms with E-state index in [4.69, 9.17) is 0 Å². The second kappa shape index (κ2) is 18.3. The molecule has 0 amide bonds. The van der Waals surface area contributed by atoms with E-state index in [1.54, 1.807) is 0 Å². The van der Waals surface area contributed by atoms with Crippen molar-refractivity contribution < 1.29 is 16.5 Å². The van der Waals surface area contributed by atoms with Crippen molar-refractivity contribution >= 4 is 31.7 Å². The molecule has 0 aliphatic heterocycles. The molecule has 5 heteroatoms. The predicted octanol–water partition coefficient (Wildman–Crippen LogP) is 4.65. The summed E-state index contributed by atoms with van der Waals surface area (Å²) in [6.45, 7) is 19.2. The summed E-state index contributed by atoms with van der Waals surface area (Å²) in [6, 6.07) is 0. The van der Waals surface area contributed by atoms with Gasteiger partial charge < -0.3 is 0 Å². The van der Waals surface area contributed by atoms with Crippen molar-refractivity contribution in [3.8, 4) is 0 Å². The van der Waals surface area contributed by atoms with Crippen molar-refractivity contribution in [1.29, 1.82) is 0 Å². The quantitative estimate of drug-likeness (QED) is 0.418. The van der Waals surface area contributed by atoms with Crippen LogP contribution in [-0.4, -0.2) is 78.0 Å². The first-order valence-electron chi connectivity index (χ1n) is 7.41. The molecule has 0 aromatic heterocycles. The SMILES string of the molecule is C[PH+](C)CCC[PH+](C)C.C[PH+](C)CCC[PH+](C)C.[Ni]. The first-order valence-corrected chi connectivity index (χ1v) is 18.2. The van der Waals surface area contributed by atoms with Gasteiger partial charge >= 0.3 is 0 Å². The van der Waals surface area contributed by atoms with Gasteiger partial charge in [-0.15, -0.1) is 0 Å². The van der Waals surface area contributed by atoms with Gasteiger partial charge in [0.15, 0.2) is 0 Å². The molecule has 0 fully saturated rings. The van der Waals surface area contributed by atoms with Crippen molar-refractivity contribution in [3.63, 3.8) is 0 Å². The van der Waals surface area contributed by atoms with Gasteiger partial charge in [-0.25, -0.2) is 0 Å². The van der Waals surface area contributed by atoms with E-state index >= 15 is 0 Å². The normalized spacial score (nSPS) is 10.7. The minimum absolute atomic E-state index is 0. The van der Waals surface area contributed by atoms with Gasteiger partial charge in [0.2, 0.25) is 0 Å². The molecule has 0 unspecified atom stereocenters. The summed E-state index contributed by atoms with van der Waals surface area (Å²) in [5.74, 6) is 0. The van der Waals surface area contributed by atoms with Crippen molar-refractivity contribution in [2.45, 2.75) is 12.8 Å². The third-order valence-electron chi connectivity index (χ3n) is 2.71. The van der Waals surface area contributed by atoms with E-state index < -0.39 is 0 Å². The molecule has 0 N–H and O–H groups in total. The van der Waals surface area contributed by atoms with E-state index in [1.807, 2.05) is 0 Å². The van der Waals surface area contributed by atoms with Gasteiger partial charge in [0.1, 0.15) is 0 Å². The molecular weight excluding hydrogens is 351 g/mol. The second-order valence-corrected chi connectivity index (χ2v) is 18.2. The van der Waals surface area contributed by atoms with E-state index in [0.29, 0.717) is 0 Å². The summed E-state index contributed by atoms with van der Waals surface area (Å²) >= 11 is 0. The third-order valence-corrected chi connectivity index (χ3v) is 8.12. The third kappa shape index (κ3) is 33.2. The number of hydrogen-bond donors (Lipinski definition) is 0. The van der Waals surface area contributed by atoms with Crippen LogP contribution < -0.4 is 0 Å². The zero-order chi connectivity index (χ0) is 14.6. The Bertz CT molecular complexity index is 128. The van der Waals surface area contributed by atoms with Gasteiger partial charge in [0.05, 0.1) is 24.6 Å². The summed E-state index contributed by atoms with van der Waals surface area (Å²) < 4.78 is 0. The van der Waals surface area contributed by atoms with Crippen LogP contribution in [0.15, 0.2) is 0 Å². The van der Waals surface area contributed by atoms with Crippen LogP contribution >= 0.6 is 31.7 Å². The molecule has 0 aromatic carbocycles. The van der Waals surface area contributed by atoms with E-state index in [1.165, 1.54) is 37.5 Å². The molecule has 0 bridgehead atoms. The van der Waals surface area contributed by atoms with Gasteiger partial charge in [0, 0.05) is 82.7 Å². The molecule has 0 aliphatic carbocycles. The Morgan fingerprint density at radius 1 is 0.421 bits per heavy atom. The molecule has 19 heavy (non-hydrogen) atoms. The molecule has 0 saturated heterocycles. The number of rotatable bonds is 8. The Balaban J connectivity index is -0.000000256. The van der Waals surface area contributed by atoms with Crippen LogP contribution in [0.2, 0.25) is 0 Å². The fourth-order valence-corrected chi connectivity index (χ4v) is 5.83. The monoisotopic (exact) mass is 390 g/mol.